The summed E-state index contributed by atoms with van der Waals surface area (Å²) in [5.74, 6) is -0.283. The van der Waals surface area contributed by atoms with Crippen molar-refractivity contribution in [2.24, 2.45) is 0 Å². The maximum Gasteiger partial charge on any atom is 0.321 e. The number of aryl methyl sites for hydroxylation is 3. The number of carbonyl (C=O) groups excluding carboxylic acids is 2. The van der Waals surface area contributed by atoms with Crippen molar-refractivity contribution in [2.45, 2.75) is 20.8 Å². The molecule has 6 nitrogen and oxygen atoms in total. The third-order valence-electron chi connectivity index (χ3n) is 4.15. The largest absolute Gasteiger partial charge is 0.329 e. The number of aromatic nitrogens is 1. The smallest absolute Gasteiger partial charge is 0.321 e. The molecule has 0 bridgehead atoms. The highest BCUT2D eigenvalue weighted by Crippen LogP contribution is 2.24. The minimum atomic E-state index is -0.471. The van der Waals surface area contributed by atoms with E-state index in [1.165, 1.54) is 11.3 Å². The molecule has 0 aliphatic rings. The molecule has 2 aromatic carbocycles. The first kappa shape index (κ1) is 19.6. The maximum atomic E-state index is 12.2. The molecular weight excluding hydrogens is 372 g/mol. The van der Waals surface area contributed by atoms with Crippen LogP contribution in [0, 0.1) is 20.8 Å². The van der Waals surface area contributed by atoms with Crippen LogP contribution >= 0.6 is 11.3 Å². The topological polar surface area (TPSA) is 83.1 Å². The zero-order valence-electron chi connectivity index (χ0n) is 16.0. The van der Waals surface area contributed by atoms with E-state index in [1.807, 2.05) is 68.6 Å². The number of anilines is 2. The second kappa shape index (κ2) is 8.67. The lowest BCUT2D eigenvalue weighted by Gasteiger charge is -2.13. The van der Waals surface area contributed by atoms with Crippen molar-refractivity contribution in [3.8, 4) is 11.3 Å². The minimum absolute atomic E-state index is 0.129. The molecule has 0 radical (unpaired) electrons. The fraction of sp³-hybridized carbons (Fsp3) is 0.190. The van der Waals surface area contributed by atoms with Crippen LogP contribution in [0.5, 0.6) is 0 Å². The number of thiazole rings is 1. The van der Waals surface area contributed by atoms with Gasteiger partial charge >= 0.3 is 6.03 Å². The van der Waals surface area contributed by atoms with Crippen LogP contribution in [0.2, 0.25) is 0 Å². The Morgan fingerprint density at radius 3 is 2.36 bits per heavy atom. The van der Waals surface area contributed by atoms with E-state index >= 15 is 0 Å². The number of carbonyl (C=O) groups is 2. The molecule has 28 heavy (non-hydrogen) atoms. The first-order valence-electron chi connectivity index (χ1n) is 8.86. The minimum Gasteiger partial charge on any atom is -0.329 e. The van der Waals surface area contributed by atoms with Crippen LogP contribution in [0.4, 0.5) is 15.6 Å². The van der Waals surface area contributed by atoms with Crippen LogP contribution in [0.1, 0.15) is 16.7 Å². The first-order chi connectivity index (χ1) is 13.4. The Hall–Kier alpha value is -3.19. The van der Waals surface area contributed by atoms with Gasteiger partial charge in [-0.1, -0.05) is 48.0 Å². The Balaban J connectivity index is 1.52. The molecule has 0 aliphatic heterocycles. The number of amides is 3. The van der Waals surface area contributed by atoms with Crippen molar-refractivity contribution in [1.29, 1.82) is 0 Å². The van der Waals surface area contributed by atoms with Crippen LogP contribution in [-0.2, 0) is 4.79 Å². The molecule has 1 heterocycles. The monoisotopic (exact) mass is 394 g/mol. The normalized spacial score (nSPS) is 10.4. The van der Waals surface area contributed by atoms with Gasteiger partial charge < -0.3 is 10.6 Å². The number of nitrogens with one attached hydrogen (secondary N) is 3. The SMILES string of the molecule is Cc1cc(C)c(NC(=O)CNC(=O)Nc2nc(-c3ccccc3)cs2)c(C)c1. The Labute approximate surface area is 168 Å². The van der Waals surface area contributed by atoms with E-state index in [0.29, 0.717) is 5.13 Å². The average molecular weight is 395 g/mol. The number of hydrogen-bond acceptors (Lipinski definition) is 4. The predicted octanol–water partition coefficient (Wildman–Crippen LogP) is 4.50. The van der Waals surface area contributed by atoms with E-state index in [-0.39, 0.29) is 12.5 Å². The number of urea groups is 1. The maximum absolute atomic E-state index is 12.2. The number of hydrogen-bond donors (Lipinski definition) is 3. The molecule has 0 saturated carbocycles. The number of benzene rings is 2. The highest BCUT2D eigenvalue weighted by Gasteiger charge is 2.11. The summed E-state index contributed by atoms with van der Waals surface area (Å²) in [5.41, 5.74) is 5.69. The van der Waals surface area contributed by atoms with Crippen LogP contribution in [0.3, 0.4) is 0 Å². The van der Waals surface area contributed by atoms with Gasteiger partial charge in [0.15, 0.2) is 5.13 Å². The lowest BCUT2D eigenvalue weighted by atomic mass is 10.1. The standard InChI is InChI=1S/C21H22N4O2S/c1-13-9-14(2)19(15(3)10-13)24-18(26)11-22-20(27)25-21-23-17(12-28-21)16-7-5-4-6-8-16/h4-10,12H,11H2,1-3H3,(H,24,26)(H2,22,23,25,27). The molecule has 3 aromatic rings. The van der Waals surface area contributed by atoms with Gasteiger partial charge in [0.2, 0.25) is 5.91 Å². The summed E-state index contributed by atoms with van der Waals surface area (Å²) in [4.78, 5) is 28.6. The van der Waals surface area contributed by atoms with E-state index in [0.717, 1.165) is 33.6 Å². The Morgan fingerprint density at radius 2 is 1.68 bits per heavy atom. The van der Waals surface area contributed by atoms with Crippen molar-refractivity contribution in [1.82, 2.24) is 10.3 Å². The fourth-order valence-corrected chi connectivity index (χ4v) is 3.65. The summed E-state index contributed by atoms with van der Waals surface area (Å²) < 4.78 is 0. The summed E-state index contributed by atoms with van der Waals surface area (Å²) in [6, 6.07) is 13.3. The van der Waals surface area contributed by atoms with Crippen molar-refractivity contribution in [3.63, 3.8) is 0 Å². The van der Waals surface area contributed by atoms with Gasteiger partial charge in [0, 0.05) is 16.6 Å². The van der Waals surface area contributed by atoms with E-state index in [2.05, 4.69) is 20.9 Å². The van der Waals surface area contributed by atoms with Crippen molar-refractivity contribution >= 4 is 34.1 Å². The highest BCUT2D eigenvalue weighted by atomic mass is 32.1. The van der Waals surface area contributed by atoms with Gasteiger partial charge in [0.25, 0.3) is 0 Å². The second-order valence-electron chi connectivity index (χ2n) is 6.53. The van der Waals surface area contributed by atoms with Crippen LogP contribution in [0.15, 0.2) is 47.8 Å². The first-order valence-corrected chi connectivity index (χ1v) is 9.74. The Bertz CT molecular complexity index is 976. The van der Waals surface area contributed by atoms with Gasteiger partial charge in [-0.3, -0.25) is 10.1 Å². The molecular formula is C21H22N4O2S. The molecule has 3 N–H and O–H groups in total. The van der Waals surface area contributed by atoms with Crippen LogP contribution in [-0.4, -0.2) is 23.5 Å². The van der Waals surface area contributed by atoms with Crippen molar-refractivity contribution < 1.29 is 9.59 Å². The number of nitrogens with zero attached hydrogens (tertiary/aromatic N) is 1. The zero-order valence-corrected chi connectivity index (χ0v) is 16.8. The fourth-order valence-electron chi connectivity index (χ4n) is 2.94. The third kappa shape index (κ3) is 4.95. The zero-order chi connectivity index (χ0) is 20.1. The quantitative estimate of drug-likeness (QED) is 0.596. The average Bonchev–Trinajstić information content (AvgIpc) is 3.12. The van der Waals surface area contributed by atoms with Gasteiger partial charge in [-0.15, -0.1) is 11.3 Å². The van der Waals surface area contributed by atoms with Gasteiger partial charge in [0.1, 0.15) is 0 Å². The lowest BCUT2D eigenvalue weighted by Crippen LogP contribution is -2.36. The van der Waals surface area contributed by atoms with E-state index in [9.17, 15) is 9.59 Å². The summed E-state index contributed by atoms with van der Waals surface area (Å²) in [5, 5.41) is 10.4. The summed E-state index contributed by atoms with van der Waals surface area (Å²) in [6.07, 6.45) is 0. The molecule has 3 rings (SSSR count). The molecule has 0 saturated heterocycles. The van der Waals surface area contributed by atoms with Gasteiger partial charge in [-0.05, 0) is 31.9 Å². The molecule has 0 aliphatic carbocycles. The van der Waals surface area contributed by atoms with Crippen molar-refractivity contribution in [2.75, 3.05) is 17.2 Å². The molecule has 0 spiro atoms. The van der Waals surface area contributed by atoms with E-state index < -0.39 is 6.03 Å². The molecule has 0 unspecified atom stereocenters. The summed E-state index contributed by atoms with van der Waals surface area (Å²) in [7, 11) is 0. The van der Waals surface area contributed by atoms with E-state index in [4.69, 9.17) is 0 Å². The highest BCUT2D eigenvalue weighted by molar-refractivity contribution is 7.14. The Morgan fingerprint density at radius 1 is 1.00 bits per heavy atom. The second-order valence-corrected chi connectivity index (χ2v) is 7.39. The molecule has 3 amide bonds. The molecule has 1 aromatic heterocycles. The summed E-state index contributed by atoms with van der Waals surface area (Å²) >= 11 is 1.33. The van der Waals surface area contributed by atoms with Gasteiger partial charge in [-0.25, -0.2) is 9.78 Å². The van der Waals surface area contributed by atoms with Gasteiger partial charge in [-0.2, -0.15) is 0 Å². The molecule has 0 atom stereocenters. The van der Waals surface area contributed by atoms with Crippen LogP contribution < -0.4 is 16.0 Å². The molecule has 7 heteroatoms. The van der Waals surface area contributed by atoms with Gasteiger partial charge in [0.05, 0.1) is 12.2 Å². The van der Waals surface area contributed by atoms with Crippen molar-refractivity contribution in [3.05, 3.63) is 64.5 Å². The summed E-state index contributed by atoms with van der Waals surface area (Å²) in [6.45, 7) is 5.78. The third-order valence-corrected chi connectivity index (χ3v) is 4.90. The Kier molecular flexibility index (Phi) is 6.06. The number of rotatable bonds is 5. The predicted molar refractivity (Wildman–Crippen MR) is 114 cm³/mol. The lowest BCUT2D eigenvalue weighted by molar-refractivity contribution is -0.115. The van der Waals surface area contributed by atoms with Crippen LogP contribution in [0.25, 0.3) is 11.3 Å². The van der Waals surface area contributed by atoms with E-state index in [1.54, 1.807) is 0 Å². The molecule has 0 fully saturated rings. The molecule has 144 valence electrons.